The van der Waals surface area contributed by atoms with Gasteiger partial charge >= 0.3 is 5.97 Å². The molecule has 2 aliphatic rings. The first-order chi connectivity index (χ1) is 13.1. The molecule has 0 spiro atoms. The van der Waals surface area contributed by atoms with E-state index in [0.29, 0.717) is 24.1 Å². The van der Waals surface area contributed by atoms with E-state index in [0.717, 1.165) is 12.8 Å². The monoisotopic (exact) mass is 431 g/mol. The standard InChI is InChI=1S/C21H24N2O4.Cu/c1-27-21(26)18(23-15-17-9-3-5-12-20(17)25)10-6-7-13-22-14-16-8-2-4-11-19(16)24;/h2-5,8-9,11-12,14-15,18,22-23H,6-7,10,13H2,1H3;/b16-14-,17-15-;. The van der Waals surface area contributed by atoms with Crippen LogP contribution >= 0.6 is 0 Å². The molecule has 2 N–H and O–H groups in total. The number of allylic oxidation sites excluding steroid dienone is 10. The Kier molecular flexibility index (Phi) is 10.6. The minimum Gasteiger partial charge on any atom is -0.467 e. The molecule has 0 aromatic rings. The third-order valence-electron chi connectivity index (χ3n) is 4.09. The molecular weight excluding hydrogens is 408 g/mol. The van der Waals surface area contributed by atoms with Crippen molar-refractivity contribution in [2.24, 2.45) is 0 Å². The van der Waals surface area contributed by atoms with Crippen molar-refractivity contribution < 1.29 is 36.2 Å². The van der Waals surface area contributed by atoms with E-state index in [1.807, 2.05) is 6.08 Å². The van der Waals surface area contributed by atoms with Crippen LogP contribution in [0.3, 0.4) is 0 Å². The Morgan fingerprint density at radius 1 is 0.964 bits per heavy atom. The molecule has 153 valence electrons. The van der Waals surface area contributed by atoms with E-state index in [9.17, 15) is 14.4 Å². The zero-order chi connectivity index (χ0) is 19.5. The van der Waals surface area contributed by atoms with Crippen LogP contribution in [0.4, 0.5) is 0 Å². The van der Waals surface area contributed by atoms with Gasteiger partial charge in [0.15, 0.2) is 11.6 Å². The molecule has 1 unspecified atom stereocenters. The molecule has 0 aromatic heterocycles. The molecule has 0 saturated heterocycles. The quantitative estimate of drug-likeness (QED) is 0.251. The molecule has 0 saturated carbocycles. The van der Waals surface area contributed by atoms with Crippen LogP contribution in [0.2, 0.25) is 0 Å². The van der Waals surface area contributed by atoms with Gasteiger partial charge < -0.3 is 15.4 Å². The van der Waals surface area contributed by atoms with E-state index in [1.54, 1.807) is 42.8 Å². The molecule has 0 aliphatic heterocycles. The van der Waals surface area contributed by atoms with Crippen LogP contribution < -0.4 is 10.6 Å². The summed E-state index contributed by atoms with van der Waals surface area (Å²) in [6.45, 7) is 0.690. The van der Waals surface area contributed by atoms with Crippen molar-refractivity contribution in [3.63, 3.8) is 0 Å². The first-order valence-corrected chi connectivity index (χ1v) is 8.87. The second-order valence-electron chi connectivity index (χ2n) is 6.06. The first-order valence-electron chi connectivity index (χ1n) is 8.87. The van der Waals surface area contributed by atoms with Gasteiger partial charge in [-0.1, -0.05) is 24.3 Å². The molecule has 6 nitrogen and oxygen atoms in total. The van der Waals surface area contributed by atoms with Gasteiger partial charge in [-0.15, -0.1) is 0 Å². The van der Waals surface area contributed by atoms with Crippen molar-refractivity contribution >= 4 is 17.5 Å². The number of carbonyl (C=O) groups is 3. The van der Waals surface area contributed by atoms with E-state index < -0.39 is 6.04 Å². The summed E-state index contributed by atoms with van der Waals surface area (Å²) < 4.78 is 4.82. The smallest absolute Gasteiger partial charge is 0.328 e. The van der Waals surface area contributed by atoms with Gasteiger partial charge in [0.25, 0.3) is 0 Å². The number of carbonyl (C=O) groups excluding carboxylic acids is 3. The van der Waals surface area contributed by atoms with Crippen molar-refractivity contribution in [2.45, 2.75) is 25.3 Å². The van der Waals surface area contributed by atoms with Crippen LogP contribution in [0, 0.1) is 0 Å². The van der Waals surface area contributed by atoms with Crippen molar-refractivity contribution in [1.29, 1.82) is 0 Å². The van der Waals surface area contributed by atoms with Crippen molar-refractivity contribution in [3.05, 3.63) is 72.2 Å². The number of esters is 1. The predicted octanol–water partition coefficient (Wildman–Crippen LogP) is 2.03. The number of hydrogen-bond acceptors (Lipinski definition) is 6. The molecule has 28 heavy (non-hydrogen) atoms. The fraction of sp³-hybridized carbons (Fsp3) is 0.286. The summed E-state index contributed by atoms with van der Waals surface area (Å²) in [4.78, 5) is 35.2. The Labute approximate surface area is 175 Å². The average Bonchev–Trinajstić information content (AvgIpc) is 2.68. The third-order valence-corrected chi connectivity index (χ3v) is 4.09. The molecule has 1 atom stereocenters. The minimum atomic E-state index is -0.513. The van der Waals surface area contributed by atoms with Crippen molar-refractivity contribution in [1.82, 2.24) is 10.6 Å². The number of rotatable bonds is 9. The molecule has 0 fully saturated rings. The summed E-state index contributed by atoms with van der Waals surface area (Å²) in [6, 6.07) is -0.513. The summed E-state index contributed by atoms with van der Waals surface area (Å²) in [7, 11) is 1.34. The maximum absolute atomic E-state index is 11.9. The van der Waals surface area contributed by atoms with Gasteiger partial charge in [-0.3, -0.25) is 9.59 Å². The topological polar surface area (TPSA) is 84.5 Å². The van der Waals surface area contributed by atoms with Crippen LogP contribution in [-0.2, 0) is 36.2 Å². The average molecular weight is 432 g/mol. The zero-order valence-electron chi connectivity index (χ0n) is 15.6. The van der Waals surface area contributed by atoms with E-state index in [-0.39, 0.29) is 34.6 Å². The number of ketones is 2. The number of unbranched alkanes of at least 4 members (excludes halogenated alkanes) is 1. The molecule has 0 heterocycles. The van der Waals surface area contributed by atoms with Crippen LogP contribution in [-0.4, -0.2) is 37.2 Å². The van der Waals surface area contributed by atoms with E-state index >= 15 is 0 Å². The number of ether oxygens (including phenoxy) is 1. The van der Waals surface area contributed by atoms with E-state index in [2.05, 4.69) is 10.6 Å². The Bertz CT molecular complexity index is 760. The molecule has 0 bridgehead atoms. The third kappa shape index (κ3) is 7.54. The molecule has 1 radical (unpaired) electrons. The summed E-state index contributed by atoms with van der Waals surface area (Å²) in [6.07, 6.45) is 18.9. The van der Waals surface area contributed by atoms with Gasteiger partial charge in [-0.25, -0.2) is 4.79 Å². The first kappa shape index (κ1) is 23.4. The fourth-order valence-electron chi connectivity index (χ4n) is 2.56. The molecule has 2 rings (SSSR count). The maximum Gasteiger partial charge on any atom is 0.328 e. The van der Waals surface area contributed by atoms with Crippen LogP contribution in [0.5, 0.6) is 0 Å². The molecule has 7 heteroatoms. The van der Waals surface area contributed by atoms with Gasteiger partial charge in [0.2, 0.25) is 0 Å². The maximum atomic E-state index is 11.9. The minimum absolute atomic E-state index is 0. The summed E-state index contributed by atoms with van der Waals surface area (Å²) in [5, 5.41) is 6.10. The number of methoxy groups -OCH3 is 1. The Morgan fingerprint density at radius 3 is 2.11 bits per heavy atom. The summed E-state index contributed by atoms with van der Waals surface area (Å²) in [5.74, 6) is -0.490. The number of hydrogen-bond donors (Lipinski definition) is 2. The zero-order valence-corrected chi connectivity index (χ0v) is 16.6. The van der Waals surface area contributed by atoms with Crippen molar-refractivity contribution in [3.8, 4) is 0 Å². The predicted molar refractivity (Wildman–Crippen MR) is 104 cm³/mol. The van der Waals surface area contributed by atoms with Crippen LogP contribution in [0.1, 0.15) is 19.3 Å². The van der Waals surface area contributed by atoms with E-state index in [1.165, 1.54) is 19.3 Å². The summed E-state index contributed by atoms with van der Waals surface area (Å²) >= 11 is 0. The largest absolute Gasteiger partial charge is 0.467 e. The Morgan fingerprint density at radius 2 is 1.54 bits per heavy atom. The van der Waals surface area contributed by atoms with Gasteiger partial charge in [0.05, 0.1) is 7.11 Å². The van der Waals surface area contributed by atoms with Crippen LogP contribution in [0.25, 0.3) is 0 Å². The van der Waals surface area contributed by atoms with Crippen molar-refractivity contribution in [2.75, 3.05) is 13.7 Å². The van der Waals surface area contributed by atoms with Crippen LogP contribution in [0.15, 0.2) is 72.2 Å². The van der Waals surface area contributed by atoms with Gasteiger partial charge in [-0.05, 0) is 43.6 Å². The fourth-order valence-corrected chi connectivity index (χ4v) is 2.56. The summed E-state index contributed by atoms with van der Waals surface area (Å²) in [5.41, 5.74) is 1.12. The molecule has 2 aliphatic carbocycles. The normalized spacial score (nSPS) is 18.9. The van der Waals surface area contributed by atoms with Gasteiger partial charge in [0.1, 0.15) is 6.04 Å². The van der Waals surface area contributed by atoms with Gasteiger partial charge in [-0.2, -0.15) is 0 Å². The second-order valence-corrected chi connectivity index (χ2v) is 6.06. The van der Waals surface area contributed by atoms with Gasteiger partial charge in [0, 0.05) is 47.2 Å². The second kappa shape index (κ2) is 12.7. The SMILES string of the molecule is COC(=O)C(CCCCN/C=C1/C=CC=CC1=O)N/C=C1/C=CC=CC1=O.[Cu]. The molecule has 0 amide bonds. The van der Waals surface area contributed by atoms with E-state index in [4.69, 9.17) is 4.74 Å². The molecular formula is C21H24CuN2O4. The number of nitrogens with one attached hydrogen (secondary N) is 2. The Hall–Kier alpha value is -2.63. The Balaban J connectivity index is 0.00000392. The molecule has 0 aromatic carbocycles.